The topological polar surface area (TPSA) is 52.6 Å². The summed E-state index contributed by atoms with van der Waals surface area (Å²) in [6, 6.07) is 0.490. The summed E-state index contributed by atoms with van der Waals surface area (Å²) in [5, 5.41) is 0. The van der Waals surface area contributed by atoms with E-state index in [0.29, 0.717) is 37.7 Å². The molecule has 10 heteroatoms. The van der Waals surface area contributed by atoms with Gasteiger partial charge in [-0.3, -0.25) is 9.69 Å². The second-order valence-electron chi connectivity index (χ2n) is 7.83. The van der Waals surface area contributed by atoms with Gasteiger partial charge in [0, 0.05) is 51.2 Å². The van der Waals surface area contributed by atoms with Crippen LogP contribution in [0, 0.1) is 5.92 Å². The number of alkyl halides is 3. The molecule has 3 heterocycles. The molecule has 0 spiro atoms. The van der Waals surface area contributed by atoms with Crippen LogP contribution in [0.4, 0.5) is 18.9 Å². The Labute approximate surface area is 175 Å². The Morgan fingerprint density at radius 1 is 1.03 bits per heavy atom. The van der Waals surface area contributed by atoms with Gasteiger partial charge < -0.3 is 9.80 Å². The minimum absolute atomic E-state index is 0. The summed E-state index contributed by atoms with van der Waals surface area (Å²) in [5.74, 6) is -0.927. The lowest BCUT2D eigenvalue weighted by Crippen LogP contribution is -2.44. The number of carbonyl (C=O) groups excluding carboxylic acids is 1. The van der Waals surface area contributed by atoms with E-state index in [0.717, 1.165) is 32.6 Å². The van der Waals surface area contributed by atoms with Crippen molar-refractivity contribution in [1.82, 2.24) is 19.8 Å². The van der Waals surface area contributed by atoms with Crippen molar-refractivity contribution in [3.05, 3.63) is 18.2 Å². The van der Waals surface area contributed by atoms with Crippen molar-refractivity contribution in [1.29, 1.82) is 0 Å². The van der Waals surface area contributed by atoms with E-state index in [1.165, 1.54) is 12.4 Å². The van der Waals surface area contributed by atoms with Gasteiger partial charge in [-0.15, -0.1) is 12.4 Å². The number of halogens is 4. The average Bonchev–Trinajstić information content (AvgIpc) is 2.93. The summed E-state index contributed by atoms with van der Waals surface area (Å²) in [4.78, 5) is 26.1. The van der Waals surface area contributed by atoms with Gasteiger partial charge in [0.1, 0.15) is 0 Å². The third kappa shape index (κ3) is 5.94. The van der Waals surface area contributed by atoms with E-state index < -0.39 is 12.0 Å². The lowest BCUT2D eigenvalue weighted by atomic mass is 9.95. The highest BCUT2D eigenvalue weighted by Crippen LogP contribution is 2.28. The number of aromatic nitrogens is 2. The molecule has 0 atom stereocenters. The fraction of sp³-hybridized carbons (Fsp3) is 0.737. The maximum absolute atomic E-state index is 12.9. The summed E-state index contributed by atoms with van der Waals surface area (Å²) in [6.45, 7) is 9.10. The van der Waals surface area contributed by atoms with Gasteiger partial charge >= 0.3 is 6.18 Å². The molecule has 164 valence electrons. The number of hydrogen-bond donors (Lipinski definition) is 0. The molecule has 29 heavy (non-hydrogen) atoms. The molecule has 1 aromatic rings. The monoisotopic (exact) mass is 435 g/mol. The summed E-state index contributed by atoms with van der Waals surface area (Å²) in [5.41, 5.74) is 0.571. The highest BCUT2D eigenvalue weighted by atomic mass is 35.5. The smallest absolute Gasteiger partial charge is 0.369 e. The van der Waals surface area contributed by atoms with Crippen LogP contribution in [0.2, 0.25) is 0 Å². The highest BCUT2D eigenvalue weighted by molar-refractivity contribution is 5.85. The minimum atomic E-state index is -4.53. The molecule has 0 aromatic carbocycles. The molecule has 0 bridgehead atoms. The van der Waals surface area contributed by atoms with Gasteiger partial charge in [0.2, 0.25) is 11.7 Å². The standard InChI is InChI=1S/C19H28F3N5O.ClH/c1-14(2)25-6-3-7-27(11-10-25)17(28)15-4-8-26(9-5-15)16-12-23-18(24-13-16)19(20,21)22;/h12-15H,3-11H2,1-2H3;1H. The first-order chi connectivity index (χ1) is 13.3. The Balaban J connectivity index is 0.00000300. The van der Waals surface area contributed by atoms with Crippen molar-refractivity contribution in [2.45, 2.75) is 45.3 Å². The lowest BCUT2D eigenvalue weighted by molar-refractivity contribution is -0.145. The van der Waals surface area contributed by atoms with Gasteiger partial charge in [0.05, 0.1) is 18.1 Å². The van der Waals surface area contributed by atoms with Crippen LogP contribution in [0.15, 0.2) is 12.4 Å². The van der Waals surface area contributed by atoms with Gasteiger partial charge in [-0.05, 0) is 33.1 Å². The second kappa shape index (κ2) is 9.93. The third-order valence-electron chi connectivity index (χ3n) is 5.67. The molecule has 1 aromatic heterocycles. The number of nitrogens with zero attached hydrogens (tertiary/aromatic N) is 5. The Hall–Kier alpha value is -1.61. The second-order valence-corrected chi connectivity index (χ2v) is 7.83. The number of piperidine rings is 1. The van der Waals surface area contributed by atoms with E-state index in [1.807, 2.05) is 9.80 Å². The van der Waals surface area contributed by atoms with Crippen molar-refractivity contribution in [2.24, 2.45) is 5.92 Å². The molecule has 6 nitrogen and oxygen atoms in total. The quantitative estimate of drug-likeness (QED) is 0.730. The predicted molar refractivity (Wildman–Crippen MR) is 107 cm³/mol. The molecule has 0 radical (unpaired) electrons. The Morgan fingerprint density at radius 2 is 1.66 bits per heavy atom. The summed E-state index contributed by atoms with van der Waals surface area (Å²) >= 11 is 0. The summed E-state index contributed by atoms with van der Waals surface area (Å²) in [7, 11) is 0. The zero-order valence-electron chi connectivity index (χ0n) is 16.9. The molecular weight excluding hydrogens is 407 g/mol. The predicted octanol–water partition coefficient (Wildman–Crippen LogP) is 3.08. The highest BCUT2D eigenvalue weighted by Gasteiger charge is 2.35. The Bertz CT molecular complexity index is 663. The van der Waals surface area contributed by atoms with E-state index in [4.69, 9.17) is 0 Å². The van der Waals surface area contributed by atoms with Crippen LogP contribution in [0.5, 0.6) is 0 Å². The van der Waals surface area contributed by atoms with Crippen LogP contribution >= 0.6 is 12.4 Å². The van der Waals surface area contributed by atoms with E-state index in [-0.39, 0.29) is 24.2 Å². The van der Waals surface area contributed by atoms with Gasteiger partial charge in [-0.2, -0.15) is 13.2 Å². The largest absolute Gasteiger partial charge is 0.451 e. The number of hydrogen-bond acceptors (Lipinski definition) is 5. The first-order valence-corrected chi connectivity index (χ1v) is 9.92. The summed E-state index contributed by atoms with van der Waals surface area (Å²) in [6.07, 6.45) is 0.289. The summed E-state index contributed by atoms with van der Waals surface area (Å²) < 4.78 is 37.8. The lowest BCUT2D eigenvalue weighted by Gasteiger charge is -2.35. The van der Waals surface area contributed by atoms with E-state index in [1.54, 1.807) is 0 Å². The van der Waals surface area contributed by atoms with Crippen molar-refractivity contribution in [3.63, 3.8) is 0 Å². The van der Waals surface area contributed by atoms with Gasteiger partial charge in [0.15, 0.2) is 0 Å². The van der Waals surface area contributed by atoms with E-state index in [9.17, 15) is 18.0 Å². The molecular formula is C19H29ClF3N5O. The van der Waals surface area contributed by atoms with Gasteiger partial charge in [-0.25, -0.2) is 9.97 Å². The van der Waals surface area contributed by atoms with Crippen LogP contribution in [-0.4, -0.2) is 71.0 Å². The molecule has 0 saturated carbocycles. The first kappa shape index (κ1) is 23.7. The normalized spacial score (nSPS) is 19.8. The fourth-order valence-electron chi connectivity index (χ4n) is 3.95. The molecule has 3 rings (SSSR count). The minimum Gasteiger partial charge on any atom is -0.369 e. The number of carbonyl (C=O) groups is 1. The molecule has 2 aliphatic heterocycles. The van der Waals surface area contributed by atoms with Crippen molar-refractivity contribution < 1.29 is 18.0 Å². The van der Waals surface area contributed by atoms with E-state index >= 15 is 0 Å². The van der Waals surface area contributed by atoms with Crippen molar-refractivity contribution >= 4 is 24.0 Å². The molecule has 0 aliphatic carbocycles. The van der Waals surface area contributed by atoms with Crippen LogP contribution in [-0.2, 0) is 11.0 Å². The van der Waals surface area contributed by atoms with Crippen molar-refractivity contribution in [2.75, 3.05) is 44.2 Å². The van der Waals surface area contributed by atoms with Crippen LogP contribution in [0.25, 0.3) is 0 Å². The molecule has 2 fully saturated rings. The number of anilines is 1. The van der Waals surface area contributed by atoms with Crippen LogP contribution in [0.3, 0.4) is 0 Å². The zero-order chi connectivity index (χ0) is 20.3. The Morgan fingerprint density at radius 3 is 2.21 bits per heavy atom. The molecule has 1 amide bonds. The first-order valence-electron chi connectivity index (χ1n) is 9.92. The maximum atomic E-state index is 12.9. The molecule has 0 unspecified atom stereocenters. The maximum Gasteiger partial charge on any atom is 0.451 e. The Kier molecular flexibility index (Phi) is 8.10. The van der Waals surface area contributed by atoms with Crippen molar-refractivity contribution in [3.8, 4) is 0 Å². The fourth-order valence-corrected chi connectivity index (χ4v) is 3.95. The number of amides is 1. The third-order valence-corrected chi connectivity index (χ3v) is 5.67. The van der Waals surface area contributed by atoms with Gasteiger partial charge in [-0.1, -0.05) is 0 Å². The van der Waals surface area contributed by atoms with Crippen LogP contribution < -0.4 is 4.90 Å². The molecule has 2 saturated heterocycles. The zero-order valence-corrected chi connectivity index (χ0v) is 17.7. The molecule has 2 aliphatic rings. The van der Waals surface area contributed by atoms with Crippen LogP contribution in [0.1, 0.15) is 38.9 Å². The SMILES string of the molecule is CC(C)N1CCCN(C(=O)C2CCN(c3cnc(C(F)(F)F)nc3)CC2)CC1.Cl. The van der Waals surface area contributed by atoms with Gasteiger partial charge in [0.25, 0.3) is 0 Å². The number of rotatable bonds is 3. The average molecular weight is 436 g/mol. The molecule has 0 N–H and O–H groups in total. The van der Waals surface area contributed by atoms with E-state index in [2.05, 4.69) is 28.7 Å².